The molecule has 1 saturated heterocycles. The van der Waals surface area contributed by atoms with Gasteiger partial charge in [-0.25, -0.2) is 19.8 Å². The third-order valence-electron chi connectivity index (χ3n) is 5.64. The molecule has 3 amide bonds. The molecule has 33 heavy (non-hydrogen) atoms. The maximum Gasteiger partial charge on any atom is 0.429 e. The predicted octanol–water partition coefficient (Wildman–Crippen LogP) is 3.14. The maximum absolute atomic E-state index is 15.1. The Hall–Kier alpha value is -3.08. The lowest BCUT2D eigenvalue weighted by Crippen LogP contribution is -2.42. The van der Waals surface area contributed by atoms with E-state index < -0.39 is 29.5 Å². The number of carbonyl (C=O) groups is 3. The van der Waals surface area contributed by atoms with Crippen LogP contribution >= 0.6 is 0 Å². The number of ether oxygens (including phenoxy) is 1. The van der Waals surface area contributed by atoms with Crippen molar-refractivity contribution in [3.8, 4) is 0 Å². The smallest absolute Gasteiger partial charge is 0.429 e. The summed E-state index contributed by atoms with van der Waals surface area (Å²) < 4.78 is 20.4. The van der Waals surface area contributed by atoms with Gasteiger partial charge >= 0.3 is 12.2 Å². The molecule has 1 unspecified atom stereocenters. The Morgan fingerprint density at radius 3 is 2.58 bits per heavy atom. The summed E-state index contributed by atoms with van der Waals surface area (Å²) in [6.07, 6.45) is 0.392. The highest BCUT2D eigenvalue weighted by atomic mass is 19.1. The van der Waals surface area contributed by atoms with Crippen LogP contribution in [0, 0.1) is 11.2 Å². The number of hydrogen-bond acceptors (Lipinski definition) is 7. The first-order valence-electron chi connectivity index (χ1n) is 10.9. The van der Waals surface area contributed by atoms with Gasteiger partial charge in [0.15, 0.2) is 0 Å². The molecule has 1 aliphatic heterocycles. The van der Waals surface area contributed by atoms with Crippen LogP contribution in [-0.4, -0.2) is 59.5 Å². The highest BCUT2D eigenvalue weighted by Crippen LogP contribution is 2.37. The molecule has 0 bridgehead atoms. The largest absolute Gasteiger partial charge is 0.464 e. The van der Waals surface area contributed by atoms with Crippen LogP contribution in [0.2, 0.25) is 0 Å². The Kier molecular flexibility index (Phi) is 6.73. The average molecular weight is 466 g/mol. The lowest BCUT2D eigenvalue weighted by Gasteiger charge is -2.28. The number of amides is 3. The minimum atomic E-state index is -1.63. The van der Waals surface area contributed by atoms with Gasteiger partial charge < -0.3 is 25.4 Å². The van der Waals surface area contributed by atoms with Gasteiger partial charge in [-0.2, -0.15) is 5.01 Å². The van der Waals surface area contributed by atoms with E-state index in [-0.39, 0.29) is 22.0 Å². The molecule has 182 valence electrons. The minimum Gasteiger partial charge on any atom is -0.464 e. The lowest BCUT2D eigenvalue weighted by atomic mass is 9.90. The summed E-state index contributed by atoms with van der Waals surface area (Å²) in [4.78, 5) is 37.5. The third kappa shape index (κ3) is 6.25. The Balaban J connectivity index is 1.77. The Morgan fingerprint density at radius 2 is 2.00 bits per heavy atom. The molecule has 10 nitrogen and oxygen atoms in total. The SMILES string of the molecule is CC1(CNC(=O)OC(C)(C)C)CCN(c2cc(NC3CC3)c(C(=O)N(N)C(=O)O)cc2F)C1. The molecule has 11 heteroatoms. The summed E-state index contributed by atoms with van der Waals surface area (Å²) in [6.45, 7) is 8.77. The number of nitrogens with two attached hydrogens (primary N) is 1. The highest BCUT2D eigenvalue weighted by molar-refractivity contribution is 6.06. The van der Waals surface area contributed by atoms with Gasteiger partial charge in [0.1, 0.15) is 11.4 Å². The van der Waals surface area contributed by atoms with E-state index in [4.69, 9.17) is 15.7 Å². The number of imide groups is 1. The van der Waals surface area contributed by atoms with Crippen molar-refractivity contribution in [2.45, 2.75) is 58.6 Å². The van der Waals surface area contributed by atoms with Crippen molar-refractivity contribution in [2.24, 2.45) is 11.3 Å². The van der Waals surface area contributed by atoms with E-state index in [0.29, 0.717) is 37.4 Å². The molecule has 2 aliphatic rings. The first-order valence-corrected chi connectivity index (χ1v) is 10.9. The molecule has 0 aromatic heterocycles. The summed E-state index contributed by atoms with van der Waals surface area (Å²) in [5.74, 6) is 3.67. The highest BCUT2D eigenvalue weighted by Gasteiger charge is 2.36. The van der Waals surface area contributed by atoms with Crippen LogP contribution in [-0.2, 0) is 4.74 Å². The molecule has 1 aromatic carbocycles. The average Bonchev–Trinajstić information content (AvgIpc) is 3.44. The number of benzene rings is 1. The van der Waals surface area contributed by atoms with Crippen molar-refractivity contribution in [1.82, 2.24) is 10.3 Å². The molecule has 1 aliphatic carbocycles. The summed E-state index contributed by atoms with van der Waals surface area (Å²) in [5.41, 5.74) is -0.397. The zero-order valence-corrected chi connectivity index (χ0v) is 19.4. The van der Waals surface area contributed by atoms with E-state index in [2.05, 4.69) is 10.6 Å². The van der Waals surface area contributed by atoms with Crippen molar-refractivity contribution in [3.05, 3.63) is 23.5 Å². The van der Waals surface area contributed by atoms with Crippen LogP contribution in [0.15, 0.2) is 12.1 Å². The number of hydrazine groups is 1. The van der Waals surface area contributed by atoms with E-state index in [1.807, 2.05) is 11.8 Å². The normalized spacial score (nSPS) is 20.4. The fraction of sp³-hybridized carbons (Fsp3) is 0.591. The number of rotatable bonds is 6. The van der Waals surface area contributed by atoms with Gasteiger partial charge in [0, 0.05) is 36.8 Å². The zero-order valence-electron chi connectivity index (χ0n) is 19.4. The molecular formula is C22H32FN5O5. The van der Waals surface area contributed by atoms with Crippen molar-refractivity contribution >= 4 is 29.5 Å². The quantitative estimate of drug-likeness (QED) is 0.286. The van der Waals surface area contributed by atoms with Crippen molar-refractivity contribution < 1.29 is 28.6 Å². The molecule has 0 spiro atoms. The maximum atomic E-state index is 15.1. The molecule has 1 saturated carbocycles. The fourth-order valence-electron chi connectivity index (χ4n) is 3.74. The van der Waals surface area contributed by atoms with Gasteiger partial charge in [-0.15, -0.1) is 0 Å². The van der Waals surface area contributed by atoms with Crippen LogP contribution in [0.3, 0.4) is 0 Å². The second-order valence-electron chi connectivity index (χ2n) is 10.1. The second-order valence-corrected chi connectivity index (χ2v) is 10.1. The lowest BCUT2D eigenvalue weighted by molar-refractivity contribution is 0.0506. The summed E-state index contributed by atoms with van der Waals surface area (Å²) >= 11 is 0. The molecule has 1 atom stereocenters. The topological polar surface area (TPSA) is 137 Å². The van der Waals surface area contributed by atoms with Gasteiger partial charge in [-0.3, -0.25) is 4.79 Å². The molecule has 3 rings (SSSR count). The first kappa shape index (κ1) is 24.6. The van der Waals surface area contributed by atoms with Gasteiger partial charge in [-0.1, -0.05) is 6.92 Å². The third-order valence-corrected chi connectivity index (χ3v) is 5.64. The molecular weight excluding hydrogens is 433 g/mol. The molecule has 0 radical (unpaired) electrons. The molecule has 2 fully saturated rings. The first-order chi connectivity index (χ1) is 15.3. The summed E-state index contributed by atoms with van der Waals surface area (Å²) in [6, 6.07) is 2.71. The van der Waals surface area contributed by atoms with Crippen LogP contribution < -0.4 is 21.4 Å². The number of carbonyl (C=O) groups excluding carboxylic acids is 2. The van der Waals surface area contributed by atoms with Crippen molar-refractivity contribution in [3.63, 3.8) is 0 Å². The zero-order chi connectivity index (χ0) is 24.6. The Morgan fingerprint density at radius 1 is 1.33 bits per heavy atom. The summed E-state index contributed by atoms with van der Waals surface area (Å²) in [5, 5.41) is 15.0. The van der Waals surface area contributed by atoms with Crippen molar-refractivity contribution in [1.29, 1.82) is 0 Å². The monoisotopic (exact) mass is 465 g/mol. The van der Waals surface area contributed by atoms with Crippen LogP contribution in [0.25, 0.3) is 0 Å². The Bertz CT molecular complexity index is 946. The van der Waals surface area contributed by atoms with E-state index in [0.717, 1.165) is 18.9 Å². The standard InChI is InChI=1S/C22H32FN5O5/c1-21(2,3)33-19(30)25-11-22(4)7-8-27(12-22)17-10-16(26-13-5-6-13)14(9-15(17)23)18(29)28(24)20(31)32/h9-10,13,26H,5-8,11-12,24H2,1-4H3,(H,25,30)(H,31,32). The second kappa shape index (κ2) is 9.05. The number of nitrogens with zero attached hydrogens (tertiary/aromatic N) is 2. The number of halogens is 1. The van der Waals surface area contributed by atoms with Gasteiger partial charge in [0.05, 0.1) is 11.3 Å². The van der Waals surface area contributed by atoms with E-state index in [1.165, 1.54) is 6.07 Å². The van der Waals surface area contributed by atoms with Gasteiger partial charge in [0.2, 0.25) is 0 Å². The minimum absolute atomic E-state index is 0.0434. The molecule has 5 N–H and O–H groups in total. The Labute approximate surface area is 192 Å². The van der Waals surface area contributed by atoms with E-state index in [9.17, 15) is 14.4 Å². The van der Waals surface area contributed by atoms with E-state index >= 15 is 4.39 Å². The molecule has 1 heterocycles. The fourth-order valence-corrected chi connectivity index (χ4v) is 3.74. The number of alkyl carbamates (subject to hydrolysis) is 1. The van der Waals surface area contributed by atoms with Crippen molar-refractivity contribution in [2.75, 3.05) is 29.9 Å². The van der Waals surface area contributed by atoms with Gasteiger partial charge in [0.25, 0.3) is 5.91 Å². The number of carboxylic acid groups (broad SMARTS) is 1. The number of hydrogen-bond donors (Lipinski definition) is 4. The van der Waals surface area contributed by atoms with Crippen LogP contribution in [0.4, 0.5) is 25.4 Å². The molecule has 1 aromatic rings. The number of nitrogens with one attached hydrogen (secondary N) is 2. The van der Waals surface area contributed by atoms with E-state index in [1.54, 1.807) is 20.8 Å². The van der Waals surface area contributed by atoms with Gasteiger partial charge in [-0.05, 0) is 52.2 Å². The summed E-state index contributed by atoms with van der Waals surface area (Å²) in [7, 11) is 0. The van der Waals surface area contributed by atoms with Crippen LogP contribution in [0.5, 0.6) is 0 Å². The van der Waals surface area contributed by atoms with Crippen LogP contribution in [0.1, 0.15) is 57.3 Å². The number of anilines is 2. The predicted molar refractivity (Wildman–Crippen MR) is 121 cm³/mol.